The number of halogens is 1. The molecule has 38 heavy (non-hydrogen) atoms. The van der Waals surface area contributed by atoms with E-state index in [0.717, 1.165) is 48.9 Å². The normalized spacial score (nSPS) is 20.2. The predicted molar refractivity (Wildman–Crippen MR) is 141 cm³/mol. The van der Waals surface area contributed by atoms with Crippen molar-refractivity contribution in [1.29, 1.82) is 0 Å². The van der Waals surface area contributed by atoms with Gasteiger partial charge in [-0.1, -0.05) is 12.1 Å². The number of amides is 3. The highest BCUT2D eigenvalue weighted by Crippen LogP contribution is 2.33. The Hall–Kier alpha value is -3.85. The molecule has 8 nitrogen and oxygen atoms in total. The van der Waals surface area contributed by atoms with Crippen LogP contribution in [0.4, 0.5) is 10.1 Å². The van der Waals surface area contributed by atoms with E-state index in [9.17, 15) is 14.4 Å². The van der Waals surface area contributed by atoms with Gasteiger partial charge in [0, 0.05) is 56.3 Å². The Balaban J connectivity index is 1.04. The highest BCUT2D eigenvalue weighted by molar-refractivity contribution is 6.05. The quantitative estimate of drug-likeness (QED) is 0.509. The lowest BCUT2D eigenvalue weighted by Crippen LogP contribution is -2.52. The van der Waals surface area contributed by atoms with Crippen molar-refractivity contribution in [3.63, 3.8) is 0 Å². The number of piperazine rings is 1. The van der Waals surface area contributed by atoms with E-state index in [1.54, 1.807) is 6.07 Å². The van der Waals surface area contributed by atoms with Gasteiger partial charge >= 0.3 is 0 Å². The minimum atomic E-state index is -0.700. The Kier molecular flexibility index (Phi) is 6.53. The maximum Gasteiger partial charge on any atom is 0.255 e. The molecule has 1 aromatic heterocycles. The number of carbonyl (C=O) groups excluding carboxylic acids is 3. The molecule has 1 unspecified atom stereocenters. The van der Waals surface area contributed by atoms with E-state index < -0.39 is 17.8 Å². The van der Waals surface area contributed by atoms with Gasteiger partial charge in [0.1, 0.15) is 11.9 Å². The highest BCUT2D eigenvalue weighted by Gasteiger charge is 2.40. The molecular formula is C29H30FN5O3. The summed E-state index contributed by atoms with van der Waals surface area (Å²) in [5.74, 6) is -1.56. The van der Waals surface area contributed by atoms with Crippen LogP contribution in [0.25, 0.3) is 10.9 Å². The number of nitrogens with one attached hydrogen (secondary N) is 1. The summed E-state index contributed by atoms with van der Waals surface area (Å²) in [5.41, 5.74) is 3.86. The van der Waals surface area contributed by atoms with Crippen LogP contribution in [-0.4, -0.2) is 71.3 Å². The Labute approximate surface area is 220 Å². The molecule has 2 fully saturated rings. The molecule has 3 amide bonds. The number of carbonyl (C=O) groups is 3. The molecule has 3 aliphatic rings. The van der Waals surface area contributed by atoms with Crippen molar-refractivity contribution in [2.45, 2.75) is 38.3 Å². The number of hydrogen-bond donors (Lipinski definition) is 1. The van der Waals surface area contributed by atoms with Crippen molar-refractivity contribution >= 4 is 34.3 Å². The fourth-order valence-electron chi connectivity index (χ4n) is 5.82. The summed E-state index contributed by atoms with van der Waals surface area (Å²) < 4.78 is 15.1. The topological polar surface area (TPSA) is 85.9 Å². The van der Waals surface area contributed by atoms with Crippen molar-refractivity contribution in [3.05, 3.63) is 71.2 Å². The highest BCUT2D eigenvalue weighted by atomic mass is 19.1. The Bertz CT molecular complexity index is 1420. The Morgan fingerprint density at radius 1 is 1.03 bits per heavy atom. The van der Waals surface area contributed by atoms with Gasteiger partial charge in [-0.05, 0) is 67.3 Å². The van der Waals surface area contributed by atoms with E-state index in [1.807, 2.05) is 17.2 Å². The summed E-state index contributed by atoms with van der Waals surface area (Å²) in [6.45, 7) is 4.35. The number of aromatic nitrogens is 1. The first-order valence-electron chi connectivity index (χ1n) is 13.2. The van der Waals surface area contributed by atoms with Crippen LogP contribution in [0, 0.1) is 5.82 Å². The third-order valence-corrected chi connectivity index (χ3v) is 7.91. The molecule has 4 heterocycles. The van der Waals surface area contributed by atoms with Gasteiger partial charge in [0.2, 0.25) is 11.8 Å². The molecule has 1 N–H and O–H groups in total. The van der Waals surface area contributed by atoms with Crippen LogP contribution in [0.3, 0.4) is 0 Å². The number of anilines is 1. The molecule has 0 aliphatic carbocycles. The van der Waals surface area contributed by atoms with Gasteiger partial charge in [0.05, 0.1) is 11.2 Å². The third kappa shape index (κ3) is 4.74. The molecule has 0 radical (unpaired) electrons. The first-order valence-corrected chi connectivity index (χ1v) is 13.2. The van der Waals surface area contributed by atoms with Crippen LogP contribution in [-0.2, 0) is 22.6 Å². The van der Waals surface area contributed by atoms with Crippen molar-refractivity contribution in [2.75, 3.05) is 37.6 Å². The molecule has 2 saturated heterocycles. The molecule has 0 bridgehead atoms. The Morgan fingerprint density at radius 2 is 1.87 bits per heavy atom. The van der Waals surface area contributed by atoms with Gasteiger partial charge in [0.15, 0.2) is 0 Å². The largest absolute Gasteiger partial charge is 0.367 e. The number of hydrogen-bond acceptors (Lipinski definition) is 6. The first kappa shape index (κ1) is 24.5. The van der Waals surface area contributed by atoms with Crippen LogP contribution in [0.1, 0.15) is 40.7 Å². The van der Waals surface area contributed by atoms with E-state index in [4.69, 9.17) is 0 Å². The summed E-state index contributed by atoms with van der Waals surface area (Å²) >= 11 is 0. The Morgan fingerprint density at radius 3 is 2.68 bits per heavy atom. The molecule has 2 aromatic carbocycles. The molecule has 3 aliphatic heterocycles. The first-order chi connectivity index (χ1) is 18.5. The van der Waals surface area contributed by atoms with Gasteiger partial charge in [-0.2, -0.15) is 0 Å². The van der Waals surface area contributed by atoms with Crippen LogP contribution in [0.2, 0.25) is 0 Å². The fourth-order valence-corrected chi connectivity index (χ4v) is 5.82. The number of imide groups is 1. The van der Waals surface area contributed by atoms with Crippen molar-refractivity contribution in [3.8, 4) is 0 Å². The van der Waals surface area contributed by atoms with Gasteiger partial charge in [-0.25, -0.2) is 4.39 Å². The molecule has 196 valence electrons. The smallest absolute Gasteiger partial charge is 0.255 e. The number of nitrogens with zero attached hydrogens (tertiary/aromatic N) is 4. The number of aryl methyl sites for hydroxylation is 1. The maximum atomic E-state index is 15.1. The summed E-state index contributed by atoms with van der Waals surface area (Å²) in [7, 11) is 0. The monoisotopic (exact) mass is 515 g/mol. The average molecular weight is 516 g/mol. The summed E-state index contributed by atoms with van der Waals surface area (Å²) in [4.78, 5) is 47.0. The van der Waals surface area contributed by atoms with Crippen LogP contribution >= 0.6 is 0 Å². The molecule has 6 rings (SSSR count). The third-order valence-electron chi connectivity index (χ3n) is 7.91. The van der Waals surface area contributed by atoms with Gasteiger partial charge < -0.3 is 9.80 Å². The molecule has 0 saturated carbocycles. The van der Waals surface area contributed by atoms with Crippen molar-refractivity contribution < 1.29 is 18.8 Å². The second-order valence-corrected chi connectivity index (χ2v) is 10.3. The SMILES string of the molecule is O=C1CCC(N2Cc3cc(N4CCN(CCCc5ccc6ncccc6c5)CC4)c(F)cc3C2=O)C(=O)N1. The number of piperidine rings is 1. The maximum absolute atomic E-state index is 15.1. The van der Waals surface area contributed by atoms with E-state index in [2.05, 4.69) is 39.5 Å². The number of benzene rings is 2. The zero-order chi connectivity index (χ0) is 26.2. The second-order valence-electron chi connectivity index (χ2n) is 10.3. The van der Waals surface area contributed by atoms with Crippen molar-refractivity contribution in [1.82, 2.24) is 20.1 Å². The zero-order valence-electron chi connectivity index (χ0n) is 21.2. The lowest BCUT2D eigenvalue weighted by molar-refractivity contribution is -0.136. The predicted octanol–water partition coefficient (Wildman–Crippen LogP) is 2.89. The van der Waals surface area contributed by atoms with Crippen LogP contribution < -0.4 is 10.2 Å². The minimum absolute atomic E-state index is 0.195. The van der Waals surface area contributed by atoms with Crippen molar-refractivity contribution in [2.24, 2.45) is 0 Å². The van der Waals surface area contributed by atoms with Crippen LogP contribution in [0.5, 0.6) is 0 Å². The number of fused-ring (bicyclic) bond motifs is 2. The van der Waals surface area contributed by atoms with Gasteiger partial charge in [-0.3, -0.25) is 29.6 Å². The van der Waals surface area contributed by atoms with E-state index in [-0.39, 0.29) is 24.8 Å². The summed E-state index contributed by atoms with van der Waals surface area (Å²) in [5, 5.41) is 3.47. The lowest BCUT2D eigenvalue weighted by Gasteiger charge is -2.36. The van der Waals surface area contributed by atoms with Gasteiger partial charge in [-0.15, -0.1) is 0 Å². The van der Waals surface area contributed by atoms with E-state index >= 15 is 4.39 Å². The summed E-state index contributed by atoms with van der Waals surface area (Å²) in [6.07, 6.45) is 4.35. The zero-order valence-corrected chi connectivity index (χ0v) is 21.2. The lowest BCUT2D eigenvalue weighted by atomic mass is 10.0. The van der Waals surface area contributed by atoms with Crippen LogP contribution in [0.15, 0.2) is 48.7 Å². The molecule has 3 aromatic rings. The average Bonchev–Trinajstić information content (AvgIpc) is 3.23. The molecule has 0 spiro atoms. The second kappa shape index (κ2) is 10.1. The van der Waals surface area contributed by atoms with E-state index in [1.165, 1.54) is 16.5 Å². The van der Waals surface area contributed by atoms with E-state index in [0.29, 0.717) is 30.8 Å². The minimum Gasteiger partial charge on any atom is -0.367 e. The summed E-state index contributed by atoms with van der Waals surface area (Å²) in [6, 6.07) is 12.9. The number of rotatable bonds is 6. The molecular weight excluding hydrogens is 485 g/mol. The molecule has 9 heteroatoms. The molecule has 1 atom stereocenters. The fraction of sp³-hybridized carbons (Fsp3) is 0.379. The standard InChI is InChI=1S/C29H30FN5O3/c30-23-17-22-21(18-35(29(22)38)25-7-8-27(36)32-28(25)37)16-26(23)34-13-11-33(12-14-34)10-2-3-19-5-6-24-20(15-19)4-1-9-31-24/h1,4-6,9,15-17,25H,2-3,7-8,10-14,18H2,(H,32,36,37). The van der Waals surface area contributed by atoms with Gasteiger partial charge in [0.25, 0.3) is 5.91 Å². The number of pyridine rings is 1.